The number of carbonyl (C=O) groups excluding carboxylic acids is 1. The Balaban J connectivity index is 0.000000279. The fourth-order valence-electron chi connectivity index (χ4n) is 7.69. The highest BCUT2D eigenvalue weighted by molar-refractivity contribution is 7.20. The van der Waals surface area contributed by atoms with E-state index in [1.807, 2.05) is 42.5 Å². The molecule has 0 spiro atoms. The Morgan fingerprint density at radius 3 is 0.985 bits per heavy atom. The van der Waals surface area contributed by atoms with E-state index >= 15 is 35.1 Å². The van der Waals surface area contributed by atoms with E-state index in [4.69, 9.17) is 0 Å². The third kappa shape index (κ3) is 7.80. The minimum atomic E-state index is -7.22. The molecule has 0 bridgehead atoms. The minimum absolute atomic E-state index is 0.142. The first-order chi connectivity index (χ1) is 31.4. The topological polar surface area (TPSA) is 20.9 Å². The first-order valence-electron chi connectivity index (χ1n) is 18.6. The first-order valence-corrected chi connectivity index (χ1v) is 18.6. The largest absolute Gasteiger partial charge is 0.287 e. The van der Waals surface area contributed by atoms with Crippen LogP contribution < -0.4 is 26.4 Å². The number of Topliss-reactive ketones (excluding diaryl/α,β-unsaturated/α-hetero) is 1. The maximum Gasteiger partial charge on any atom is 0.227 e. The molecule has 0 saturated carbocycles. The van der Waals surface area contributed by atoms with Crippen LogP contribution in [-0.2, 0) is 6.54 Å². The number of aromatic nitrogens is 1. The van der Waals surface area contributed by atoms with Crippen LogP contribution in [0.5, 0.6) is 0 Å². The Morgan fingerprint density at radius 1 is 0.388 bits per heavy atom. The third-order valence-corrected chi connectivity index (χ3v) is 10.7. The normalized spacial score (nSPS) is 11.7. The summed E-state index contributed by atoms with van der Waals surface area (Å²) in [5.74, 6) is -70.9. The van der Waals surface area contributed by atoms with Crippen molar-refractivity contribution in [3.05, 3.63) is 194 Å². The number of hydrogen-bond acceptors (Lipinski definition) is 1. The van der Waals surface area contributed by atoms with Gasteiger partial charge in [0.15, 0.2) is 75.5 Å². The van der Waals surface area contributed by atoms with Gasteiger partial charge in [-0.1, -0.05) is 56.3 Å². The lowest BCUT2D eigenvalue weighted by atomic mass is 9.12. The van der Waals surface area contributed by atoms with Crippen LogP contribution in [0.3, 0.4) is 0 Å². The Morgan fingerprint density at radius 2 is 0.672 bits per heavy atom. The summed E-state index contributed by atoms with van der Waals surface area (Å²) in [4.78, 5) is 12.6. The highest BCUT2D eigenvalue weighted by atomic mass is 19.2. The fourth-order valence-corrected chi connectivity index (χ4v) is 7.69. The molecule has 0 unspecified atom stereocenters. The first kappa shape index (κ1) is 49.5. The van der Waals surface area contributed by atoms with E-state index in [9.17, 15) is 57.5 Å². The van der Waals surface area contributed by atoms with Gasteiger partial charge in [0.2, 0.25) is 17.8 Å². The monoisotopic (exact) mass is 969 g/mol. The van der Waals surface area contributed by atoms with Crippen LogP contribution in [0.25, 0.3) is 10.9 Å². The summed E-state index contributed by atoms with van der Waals surface area (Å²) < 4.78 is 296. The summed E-state index contributed by atoms with van der Waals surface area (Å²) in [6, 6.07) is 22.0. The van der Waals surface area contributed by atoms with Gasteiger partial charge in [-0.2, -0.15) is 4.57 Å². The SMILES string of the molecule is CC(C)c1ccc2ccccc2[n+]1CC(=O)c1ccccc1.Fc1c(F)c(F)c([B-](c2c(F)c(F)c(F)c(F)c2F)(c2c(F)c(F)c(F)c(F)c2F)c2c(F)c(F)c(F)c(F)c2F)c(F)c1F. The van der Waals surface area contributed by atoms with Crippen molar-refractivity contribution < 1.29 is 97.2 Å². The zero-order chi connectivity index (χ0) is 49.9. The van der Waals surface area contributed by atoms with Gasteiger partial charge in [0.1, 0.15) is 52.7 Å². The van der Waals surface area contributed by atoms with Crippen LogP contribution in [0.2, 0.25) is 0 Å². The van der Waals surface area contributed by atoms with Crippen molar-refractivity contribution in [2.45, 2.75) is 26.3 Å². The van der Waals surface area contributed by atoms with Crippen molar-refractivity contribution in [2.75, 3.05) is 0 Å². The predicted molar refractivity (Wildman–Crippen MR) is 198 cm³/mol. The maximum atomic E-state index is 15.4. The van der Waals surface area contributed by atoms with Crippen molar-refractivity contribution in [3.8, 4) is 0 Å². The summed E-state index contributed by atoms with van der Waals surface area (Å²) in [6.45, 7) is 4.69. The van der Waals surface area contributed by atoms with Gasteiger partial charge >= 0.3 is 0 Å². The van der Waals surface area contributed by atoms with Crippen molar-refractivity contribution in [2.24, 2.45) is 0 Å². The van der Waals surface area contributed by atoms with Crippen LogP contribution in [0.4, 0.5) is 87.8 Å². The van der Waals surface area contributed by atoms with Gasteiger partial charge in [0.25, 0.3) is 0 Å². The van der Waals surface area contributed by atoms with Gasteiger partial charge in [0.05, 0.1) is 0 Å². The Labute approximate surface area is 362 Å². The van der Waals surface area contributed by atoms with E-state index in [1.165, 1.54) is 5.69 Å². The molecular weight excluding hydrogens is 949 g/mol. The van der Waals surface area contributed by atoms with Crippen molar-refractivity contribution >= 4 is 44.7 Å². The standard InChI is InChI=1S/C24BF20.C20H20NO/c26-5-1(6(27)14(35)21(42)13(5)34)25(2-7(28)15(36)22(43)16(37)8(2)29,3-9(30)17(38)23(44)18(39)10(3)31)4-11(32)19(40)24(45)20(41)12(4)33;1-15(2)18-13-12-16-8-6-7-11-19(16)21(18)14-20(22)17-9-4-3-5-10-17/h;3-13,15H,14H2,1-2H3/q-1;+1. The van der Waals surface area contributed by atoms with Crippen molar-refractivity contribution in [1.82, 2.24) is 0 Å². The van der Waals surface area contributed by atoms with E-state index in [-0.39, 0.29) is 5.78 Å². The number of benzene rings is 6. The lowest BCUT2D eigenvalue weighted by molar-refractivity contribution is -0.665. The maximum absolute atomic E-state index is 15.4. The molecule has 0 aliphatic carbocycles. The summed E-state index contributed by atoms with van der Waals surface area (Å²) in [6.07, 6.45) is -7.22. The number of halogens is 20. The Hall–Kier alpha value is -6.94. The quantitative estimate of drug-likeness (QED) is 0.0371. The molecule has 7 aromatic rings. The molecule has 0 aliphatic rings. The Kier molecular flexibility index (Phi) is 13.6. The van der Waals surface area contributed by atoms with E-state index in [1.54, 1.807) is 0 Å². The van der Waals surface area contributed by atoms with E-state index in [2.05, 4.69) is 42.7 Å². The number of ketones is 1. The summed E-state index contributed by atoms with van der Waals surface area (Å²) in [5, 5.41) is 1.16. The second kappa shape index (κ2) is 18.4. The average Bonchev–Trinajstić information content (AvgIpc) is 3.31. The van der Waals surface area contributed by atoms with Crippen molar-refractivity contribution in [3.63, 3.8) is 0 Å². The van der Waals surface area contributed by atoms with Crippen LogP contribution in [0, 0.1) is 116 Å². The third-order valence-electron chi connectivity index (χ3n) is 10.7. The van der Waals surface area contributed by atoms with Crippen molar-refractivity contribution in [1.29, 1.82) is 0 Å². The van der Waals surface area contributed by atoms with Gasteiger partial charge in [-0.05, 0) is 12.1 Å². The molecule has 350 valence electrons. The molecule has 0 amide bonds. The predicted octanol–water partition coefficient (Wildman–Crippen LogP) is 9.98. The molecule has 7 rings (SSSR count). The molecule has 0 fully saturated rings. The van der Waals surface area contributed by atoms with Gasteiger partial charge in [-0.3, -0.25) is 4.79 Å². The lowest BCUT2D eigenvalue weighted by Crippen LogP contribution is -2.81. The highest BCUT2D eigenvalue weighted by Crippen LogP contribution is 2.31. The van der Waals surface area contributed by atoms with E-state index < -0.39 is 144 Å². The van der Waals surface area contributed by atoms with Gasteiger partial charge in [-0.15, -0.1) is 21.9 Å². The van der Waals surface area contributed by atoms with Crippen LogP contribution in [-0.4, -0.2) is 11.9 Å². The highest BCUT2D eigenvalue weighted by Gasteiger charge is 2.52. The molecule has 0 aliphatic heterocycles. The molecule has 2 nitrogen and oxygen atoms in total. The molecule has 0 N–H and O–H groups in total. The molecule has 1 heterocycles. The zero-order valence-electron chi connectivity index (χ0n) is 33.1. The van der Waals surface area contributed by atoms with Crippen LogP contribution in [0.1, 0.15) is 35.8 Å². The number of hydrogen-bond donors (Lipinski definition) is 0. The summed E-state index contributed by atoms with van der Waals surface area (Å²) >= 11 is 0. The summed E-state index contributed by atoms with van der Waals surface area (Å²) in [5.41, 5.74) is -11.3. The van der Waals surface area contributed by atoms with Crippen LogP contribution in [0.15, 0.2) is 66.7 Å². The zero-order valence-corrected chi connectivity index (χ0v) is 33.1. The average molecular weight is 969 g/mol. The molecule has 67 heavy (non-hydrogen) atoms. The number of nitrogens with zero attached hydrogens (tertiary/aromatic N) is 1. The Bertz CT molecular complexity index is 2780. The van der Waals surface area contributed by atoms with Gasteiger partial charge in [0, 0.05) is 29.0 Å². The minimum Gasteiger partial charge on any atom is -0.287 e. The second-order valence-electron chi connectivity index (χ2n) is 14.6. The molecule has 0 atom stereocenters. The molecule has 1 aromatic heterocycles. The van der Waals surface area contributed by atoms with Gasteiger partial charge < -0.3 is 0 Å². The molecule has 6 aromatic carbocycles. The van der Waals surface area contributed by atoms with E-state index in [0.29, 0.717) is 12.5 Å². The lowest BCUT2D eigenvalue weighted by Gasteiger charge is -2.44. The number of para-hydroxylation sites is 1. The summed E-state index contributed by atoms with van der Waals surface area (Å²) in [7, 11) is 0. The molecule has 0 saturated heterocycles. The number of pyridine rings is 1. The van der Waals surface area contributed by atoms with E-state index in [0.717, 1.165) is 16.5 Å². The molecular formula is C44H20BF20NO. The molecule has 23 heteroatoms. The smallest absolute Gasteiger partial charge is 0.227 e. The fraction of sp³-hybridized carbons (Fsp3) is 0.0909. The number of fused-ring (bicyclic) bond motifs is 1. The second-order valence-corrected chi connectivity index (χ2v) is 14.6. The van der Waals surface area contributed by atoms with Crippen LogP contribution >= 0.6 is 0 Å². The number of rotatable bonds is 8. The molecule has 0 radical (unpaired) electrons. The van der Waals surface area contributed by atoms with Gasteiger partial charge in [-0.25, -0.2) is 87.8 Å². The number of carbonyl (C=O) groups is 1.